The van der Waals surface area contributed by atoms with Crippen LogP contribution in [-0.4, -0.2) is 4.98 Å². The molecule has 0 saturated heterocycles. The third kappa shape index (κ3) is 2.59. The molecule has 5 heteroatoms. The maximum absolute atomic E-state index is 4.69. The number of hydrogen-bond donors (Lipinski definition) is 0. The van der Waals surface area contributed by atoms with Crippen molar-refractivity contribution in [2.45, 2.75) is 0 Å². The Morgan fingerprint density at radius 1 is 0.889 bits per heavy atom. The van der Waals surface area contributed by atoms with E-state index in [1.807, 2.05) is 12.1 Å². The predicted octanol–water partition coefficient (Wildman–Crippen LogP) is 6.06. The molecule has 0 amide bonds. The fourth-order valence-electron chi connectivity index (χ4n) is 1.56. The summed E-state index contributed by atoms with van der Waals surface area (Å²) in [5.74, 6) is 0. The van der Waals surface area contributed by atoms with E-state index in [4.69, 9.17) is 0 Å². The molecule has 2 heterocycles. The van der Waals surface area contributed by atoms with Crippen LogP contribution in [0, 0.1) is 0 Å². The van der Waals surface area contributed by atoms with Crippen LogP contribution < -0.4 is 0 Å². The Kier molecular flexibility index (Phi) is 3.66. The molecule has 2 aromatic heterocycles. The minimum atomic E-state index is 1.05. The van der Waals surface area contributed by atoms with E-state index in [9.17, 15) is 0 Å². The first-order valence-corrected chi connectivity index (χ1v) is 8.53. The molecule has 18 heavy (non-hydrogen) atoms. The summed E-state index contributed by atoms with van der Waals surface area (Å²) in [4.78, 5) is 5.88. The van der Waals surface area contributed by atoms with Crippen LogP contribution >= 0.6 is 54.5 Å². The molecule has 90 valence electrons. The zero-order valence-electron chi connectivity index (χ0n) is 9.06. The highest BCUT2D eigenvalue weighted by atomic mass is 79.9. The number of hydrogen-bond acceptors (Lipinski definition) is 3. The minimum absolute atomic E-state index is 1.05. The fourth-order valence-corrected chi connectivity index (χ4v) is 4.11. The van der Waals surface area contributed by atoms with Crippen LogP contribution in [-0.2, 0) is 0 Å². The van der Waals surface area contributed by atoms with Crippen molar-refractivity contribution in [2.75, 3.05) is 0 Å². The Hall–Kier alpha value is -0.490. The van der Waals surface area contributed by atoms with Gasteiger partial charge in [-0.05, 0) is 34.1 Å². The van der Waals surface area contributed by atoms with Crippen molar-refractivity contribution < 1.29 is 0 Å². The Bertz CT molecular complexity index is 670. The quantitative estimate of drug-likeness (QED) is 0.509. The predicted molar refractivity (Wildman–Crippen MR) is 86.3 cm³/mol. The lowest BCUT2D eigenvalue weighted by Gasteiger charge is -1.95. The van der Waals surface area contributed by atoms with Crippen LogP contribution in [0.4, 0.5) is 0 Å². The first-order chi connectivity index (χ1) is 8.72. The van der Waals surface area contributed by atoms with Crippen molar-refractivity contribution in [3.05, 3.63) is 50.0 Å². The third-order valence-corrected chi connectivity index (χ3v) is 5.55. The van der Waals surface area contributed by atoms with E-state index in [0.29, 0.717) is 0 Å². The molecule has 0 fully saturated rings. The summed E-state index contributed by atoms with van der Waals surface area (Å²) in [6.45, 7) is 0. The molecule has 0 unspecified atom stereocenters. The van der Waals surface area contributed by atoms with Gasteiger partial charge in [0, 0.05) is 25.3 Å². The number of thiazole rings is 1. The zero-order valence-corrected chi connectivity index (χ0v) is 13.9. The molecule has 0 spiro atoms. The molecule has 3 aromatic rings. The van der Waals surface area contributed by atoms with E-state index < -0.39 is 0 Å². The second-order valence-corrected chi connectivity index (χ2v) is 7.27. The SMILES string of the molecule is Brc1ccc(-c2nc(-c3cc(Br)cs3)cs2)cc1. The summed E-state index contributed by atoms with van der Waals surface area (Å²) in [5, 5.41) is 5.24. The van der Waals surface area contributed by atoms with E-state index in [2.05, 4.69) is 65.8 Å². The molecule has 0 radical (unpaired) electrons. The van der Waals surface area contributed by atoms with Gasteiger partial charge >= 0.3 is 0 Å². The normalized spacial score (nSPS) is 10.8. The average Bonchev–Trinajstić information content (AvgIpc) is 2.98. The summed E-state index contributed by atoms with van der Waals surface area (Å²) in [7, 11) is 0. The smallest absolute Gasteiger partial charge is 0.124 e. The first-order valence-electron chi connectivity index (χ1n) is 5.18. The average molecular weight is 401 g/mol. The molecule has 1 nitrogen and oxygen atoms in total. The van der Waals surface area contributed by atoms with Crippen molar-refractivity contribution in [3.63, 3.8) is 0 Å². The second kappa shape index (κ2) is 5.25. The Labute approximate surface area is 130 Å². The van der Waals surface area contributed by atoms with Gasteiger partial charge in [0.1, 0.15) is 5.01 Å². The zero-order chi connectivity index (χ0) is 12.5. The van der Waals surface area contributed by atoms with Crippen molar-refractivity contribution in [1.29, 1.82) is 0 Å². The molecular weight excluding hydrogens is 394 g/mol. The van der Waals surface area contributed by atoms with Gasteiger partial charge in [-0.3, -0.25) is 0 Å². The van der Waals surface area contributed by atoms with E-state index in [1.54, 1.807) is 22.7 Å². The summed E-state index contributed by atoms with van der Waals surface area (Å²) >= 11 is 10.3. The van der Waals surface area contributed by atoms with Crippen LogP contribution in [0.1, 0.15) is 0 Å². The lowest BCUT2D eigenvalue weighted by Crippen LogP contribution is -1.76. The second-order valence-electron chi connectivity index (χ2n) is 3.67. The van der Waals surface area contributed by atoms with Gasteiger partial charge in [0.2, 0.25) is 0 Å². The maximum Gasteiger partial charge on any atom is 0.124 e. The number of nitrogens with zero attached hydrogens (tertiary/aromatic N) is 1. The summed E-state index contributed by atoms with van der Waals surface area (Å²) in [6, 6.07) is 10.3. The third-order valence-electron chi connectivity index (χ3n) is 2.42. The Morgan fingerprint density at radius 3 is 2.33 bits per heavy atom. The van der Waals surface area contributed by atoms with Crippen molar-refractivity contribution in [3.8, 4) is 21.1 Å². The summed E-state index contributed by atoms with van der Waals surface area (Å²) in [5.41, 5.74) is 2.21. The fraction of sp³-hybridized carbons (Fsp3) is 0. The number of rotatable bonds is 2. The van der Waals surface area contributed by atoms with E-state index >= 15 is 0 Å². The van der Waals surface area contributed by atoms with Crippen LogP contribution in [0.5, 0.6) is 0 Å². The molecular formula is C13H7Br2NS2. The van der Waals surface area contributed by atoms with Crippen molar-refractivity contribution in [2.24, 2.45) is 0 Å². The monoisotopic (exact) mass is 399 g/mol. The number of aromatic nitrogens is 1. The van der Waals surface area contributed by atoms with Gasteiger partial charge in [0.25, 0.3) is 0 Å². The highest BCUT2D eigenvalue weighted by Gasteiger charge is 2.08. The molecule has 0 aliphatic rings. The first kappa shape index (κ1) is 12.5. The number of thiophene rings is 1. The molecule has 0 N–H and O–H groups in total. The lowest BCUT2D eigenvalue weighted by atomic mass is 10.2. The number of halogens is 2. The van der Waals surface area contributed by atoms with Crippen LogP contribution in [0.3, 0.4) is 0 Å². The van der Waals surface area contributed by atoms with Crippen molar-refractivity contribution in [1.82, 2.24) is 4.98 Å². The van der Waals surface area contributed by atoms with Gasteiger partial charge in [-0.2, -0.15) is 0 Å². The maximum atomic E-state index is 4.69. The summed E-state index contributed by atoms with van der Waals surface area (Å²) in [6.07, 6.45) is 0. The standard InChI is InChI=1S/C13H7Br2NS2/c14-9-3-1-8(2-4-9)13-16-11(7-18-13)12-5-10(15)6-17-12/h1-7H. The lowest BCUT2D eigenvalue weighted by molar-refractivity contribution is 1.42. The minimum Gasteiger partial charge on any atom is -0.235 e. The van der Waals surface area contributed by atoms with Crippen LogP contribution in [0.25, 0.3) is 21.1 Å². The Balaban J connectivity index is 1.96. The molecule has 0 aliphatic heterocycles. The van der Waals surface area contributed by atoms with Gasteiger partial charge in [-0.15, -0.1) is 22.7 Å². The molecule has 0 aliphatic carbocycles. The number of benzene rings is 1. The van der Waals surface area contributed by atoms with E-state index in [-0.39, 0.29) is 0 Å². The topological polar surface area (TPSA) is 12.9 Å². The van der Waals surface area contributed by atoms with E-state index in [1.165, 1.54) is 4.88 Å². The van der Waals surface area contributed by atoms with Gasteiger partial charge in [-0.25, -0.2) is 4.98 Å². The molecule has 0 saturated carbocycles. The van der Waals surface area contributed by atoms with Gasteiger partial charge in [-0.1, -0.05) is 28.1 Å². The van der Waals surface area contributed by atoms with Crippen molar-refractivity contribution >= 4 is 54.5 Å². The summed E-state index contributed by atoms with van der Waals surface area (Å²) < 4.78 is 2.20. The van der Waals surface area contributed by atoms with Gasteiger partial charge in [0.05, 0.1) is 10.6 Å². The largest absolute Gasteiger partial charge is 0.235 e. The molecule has 1 aromatic carbocycles. The van der Waals surface area contributed by atoms with Gasteiger partial charge < -0.3 is 0 Å². The highest BCUT2D eigenvalue weighted by Crippen LogP contribution is 2.33. The Morgan fingerprint density at radius 2 is 1.67 bits per heavy atom. The molecule has 3 rings (SSSR count). The van der Waals surface area contributed by atoms with E-state index in [0.717, 1.165) is 25.2 Å². The van der Waals surface area contributed by atoms with Crippen LogP contribution in [0.2, 0.25) is 0 Å². The van der Waals surface area contributed by atoms with Crippen LogP contribution in [0.15, 0.2) is 50.0 Å². The van der Waals surface area contributed by atoms with Gasteiger partial charge in [0.15, 0.2) is 0 Å². The highest BCUT2D eigenvalue weighted by molar-refractivity contribution is 9.10. The molecule has 0 bridgehead atoms. The molecule has 0 atom stereocenters.